The van der Waals surface area contributed by atoms with Gasteiger partial charge in [0, 0.05) is 28.2 Å². The molecule has 0 atom stereocenters. The maximum atomic E-state index is 6.43. The van der Waals surface area contributed by atoms with Gasteiger partial charge in [0.25, 0.3) is 0 Å². The molecule has 0 radical (unpaired) electrons. The lowest BCUT2D eigenvalue weighted by Crippen LogP contribution is -2.21. The second kappa shape index (κ2) is 11.1. The number of hydrogen-bond acceptors (Lipinski definition) is 3. The summed E-state index contributed by atoms with van der Waals surface area (Å²) in [5.41, 5.74) is 1.87. The van der Waals surface area contributed by atoms with Crippen molar-refractivity contribution in [3.05, 3.63) is 56.5 Å². The van der Waals surface area contributed by atoms with Crippen LogP contribution in [-0.2, 0) is 13.2 Å². The van der Waals surface area contributed by atoms with Gasteiger partial charge in [-0.25, -0.2) is 0 Å². The van der Waals surface area contributed by atoms with E-state index in [9.17, 15) is 0 Å². The van der Waals surface area contributed by atoms with Crippen molar-refractivity contribution in [2.24, 2.45) is 0 Å². The van der Waals surface area contributed by atoms with Gasteiger partial charge in [0.05, 0.1) is 11.6 Å². The minimum Gasteiger partial charge on any atom is -0.490 e. The van der Waals surface area contributed by atoms with Crippen LogP contribution in [0.3, 0.4) is 0 Å². The van der Waals surface area contributed by atoms with E-state index in [0.29, 0.717) is 45.8 Å². The third-order valence-electron chi connectivity index (χ3n) is 3.47. The Labute approximate surface area is 176 Å². The normalized spacial score (nSPS) is 10.6. The van der Waals surface area contributed by atoms with Gasteiger partial charge in [-0.1, -0.05) is 54.7 Å². The Balaban J connectivity index is 0.00000338. The molecule has 2 rings (SSSR count). The molecule has 2 aromatic carbocycles. The summed E-state index contributed by atoms with van der Waals surface area (Å²) in [5, 5.41) is 5.02. The van der Waals surface area contributed by atoms with Crippen molar-refractivity contribution in [3.63, 3.8) is 0 Å². The van der Waals surface area contributed by atoms with Crippen molar-refractivity contribution in [1.29, 1.82) is 0 Å². The van der Waals surface area contributed by atoms with Crippen LogP contribution in [0.1, 0.15) is 31.9 Å². The first-order valence-corrected chi connectivity index (χ1v) is 9.29. The molecule has 0 spiro atoms. The number of halogens is 4. The highest BCUT2D eigenvalue weighted by atomic mass is 35.5. The van der Waals surface area contributed by atoms with Gasteiger partial charge in [-0.05, 0) is 36.8 Å². The zero-order valence-corrected chi connectivity index (χ0v) is 18.0. The van der Waals surface area contributed by atoms with Crippen molar-refractivity contribution >= 4 is 47.2 Å². The summed E-state index contributed by atoms with van der Waals surface area (Å²) in [6.07, 6.45) is 0. The standard InChI is InChI=1S/C19H22Cl3NO2.ClH/c1-4-24-18-8-13(10-23-12(2)3)7-17(22)19(18)25-11-14-5-6-15(20)9-16(14)21;/h5-9,12,23H,4,10-11H2,1-3H3;1H. The fraction of sp³-hybridized carbons (Fsp3) is 0.368. The maximum absolute atomic E-state index is 6.43. The van der Waals surface area contributed by atoms with Gasteiger partial charge in [-0.2, -0.15) is 0 Å². The number of benzene rings is 2. The first-order chi connectivity index (χ1) is 11.9. The van der Waals surface area contributed by atoms with Gasteiger partial charge in [-0.3, -0.25) is 0 Å². The van der Waals surface area contributed by atoms with E-state index in [1.165, 1.54) is 0 Å². The summed E-state index contributed by atoms with van der Waals surface area (Å²) in [5.74, 6) is 1.14. The summed E-state index contributed by atoms with van der Waals surface area (Å²) < 4.78 is 11.6. The van der Waals surface area contributed by atoms with Crippen LogP contribution in [0.2, 0.25) is 15.1 Å². The molecule has 0 aliphatic carbocycles. The third kappa shape index (κ3) is 6.71. The van der Waals surface area contributed by atoms with Gasteiger partial charge >= 0.3 is 0 Å². The van der Waals surface area contributed by atoms with Crippen LogP contribution in [-0.4, -0.2) is 12.6 Å². The van der Waals surface area contributed by atoms with Crippen molar-refractivity contribution in [3.8, 4) is 11.5 Å². The van der Waals surface area contributed by atoms with Crippen molar-refractivity contribution in [2.45, 2.75) is 40.0 Å². The Morgan fingerprint density at radius 1 is 1.00 bits per heavy atom. The lowest BCUT2D eigenvalue weighted by molar-refractivity contribution is 0.269. The van der Waals surface area contributed by atoms with E-state index >= 15 is 0 Å². The molecule has 2 aromatic rings. The number of rotatable bonds is 8. The minimum atomic E-state index is 0. The summed E-state index contributed by atoms with van der Waals surface area (Å²) in [6, 6.07) is 9.52. The van der Waals surface area contributed by atoms with Gasteiger partial charge in [0.1, 0.15) is 6.61 Å². The molecule has 0 aliphatic heterocycles. The van der Waals surface area contributed by atoms with Crippen molar-refractivity contribution in [1.82, 2.24) is 5.32 Å². The summed E-state index contributed by atoms with van der Waals surface area (Å²) in [4.78, 5) is 0. The predicted octanol–water partition coefficient (Wildman–Crippen LogP) is 6.54. The average Bonchev–Trinajstić information content (AvgIpc) is 2.54. The molecule has 0 saturated carbocycles. The molecule has 0 saturated heterocycles. The quantitative estimate of drug-likeness (QED) is 0.507. The second-order valence-corrected chi connectivity index (χ2v) is 7.15. The van der Waals surface area contributed by atoms with E-state index in [1.54, 1.807) is 12.1 Å². The smallest absolute Gasteiger partial charge is 0.180 e. The lowest BCUT2D eigenvalue weighted by Gasteiger charge is -2.16. The largest absolute Gasteiger partial charge is 0.490 e. The molecule has 3 nitrogen and oxygen atoms in total. The van der Waals surface area contributed by atoms with Gasteiger partial charge < -0.3 is 14.8 Å². The van der Waals surface area contributed by atoms with Crippen LogP contribution in [0.15, 0.2) is 30.3 Å². The molecule has 0 bridgehead atoms. The molecule has 0 amide bonds. The zero-order chi connectivity index (χ0) is 18.4. The first-order valence-electron chi connectivity index (χ1n) is 8.16. The molecule has 1 N–H and O–H groups in total. The molecule has 0 aromatic heterocycles. The number of ether oxygens (including phenoxy) is 2. The minimum absolute atomic E-state index is 0. The third-order valence-corrected chi connectivity index (χ3v) is 4.34. The number of hydrogen-bond donors (Lipinski definition) is 1. The van der Waals surface area contributed by atoms with E-state index in [0.717, 1.165) is 11.1 Å². The fourth-order valence-electron chi connectivity index (χ4n) is 2.24. The van der Waals surface area contributed by atoms with E-state index < -0.39 is 0 Å². The molecular weight excluding hydrogens is 416 g/mol. The van der Waals surface area contributed by atoms with Gasteiger partial charge in [0.15, 0.2) is 11.5 Å². The topological polar surface area (TPSA) is 30.5 Å². The lowest BCUT2D eigenvalue weighted by atomic mass is 10.2. The Morgan fingerprint density at radius 2 is 1.73 bits per heavy atom. The maximum Gasteiger partial charge on any atom is 0.180 e. The molecule has 0 unspecified atom stereocenters. The first kappa shape index (κ1) is 23.2. The molecule has 0 heterocycles. The average molecular weight is 439 g/mol. The Kier molecular flexibility index (Phi) is 9.91. The molecule has 0 fully saturated rings. The van der Waals surface area contributed by atoms with Crippen LogP contribution >= 0.6 is 47.2 Å². The van der Waals surface area contributed by atoms with Crippen LogP contribution in [0.25, 0.3) is 0 Å². The van der Waals surface area contributed by atoms with Crippen LogP contribution in [0, 0.1) is 0 Å². The van der Waals surface area contributed by atoms with E-state index in [1.807, 2.05) is 25.1 Å². The second-order valence-electron chi connectivity index (χ2n) is 5.90. The Bertz CT molecular complexity index is 723. The monoisotopic (exact) mass is 437 g/mol. The Morgan fingerprint density at radius 3 is 2.35 bits per heavy atom. The molecular formula is C19H23Cl4NO2. The van der Waals surface area contributed by atoms with E-state index in [-0.39, 0.29) is 19.0 Å². The predicted molar refractivity (Wildman–Crippen MR) is 113 cm³/mol. The highest BCUT2D eigenvalue weighted by Gasteiger charge is 2.14. The van der Waals surface area contributed by atoms with Crippen LogP contribution < -0.4 is 14.8 Å². The zero-order valence-electron chi connectivity index (χ0n) is 14.9. The summed E-state index contributed by atoms with van der Waals surface area (Å²) in [7, 11) is 0. The van der Waals surface area contributed by atoms with Crippen molar-refractivity contribution in [2.75, 3.05) is 6.61 Å². The molecule has 26 heavy (non-hydrogen) atoms. The fourth-order valence-corrected chi connectivity index (χ4v) is 2.99. The molecule has 144 valence electrons. The summed E-state index contributed by atoms with van der Waals surface area (Å²) in [6.45, 7) is 7.62. The van der Waals surface area contributed by atoms with Crippen molar-refractivity contribution < 1.29 is 9.47 Å². The molecule has 7 heteroatoms. The van der Waals surface area contributed by atoms with E-state index in [4.69, 9.17) is 44.3 Å². The highest BCUT2D eigenvalue weighted by molar-refractivity contribution is 6.35. The van der Waals surface area contributed by atoms with E-state index in [2.05, 4.69) is 19.2 Å². The SMILES string of the molecule is CCOc1cc(CNC(C)C)cc(Cl)c1OCc1ccc(Cl)cc1Cl.Cl. The van der Waals surface area contributed by atoms with Gasteiger partial charge in [0.2, 0.25) is 0 Å². The number of nitrogens with one attached hydrogen (secondary N) is 1. The van der Waals surface area contributed by atoms with Crippen LogP contribution in [0.4, 0.5) is 0 Å². The van der Waals surface area contributed by atoms with Crippen LogP contribution in [0.5, 0.6) is 11.5 Å². The summed E-state index contributed by atoms with van der Waals surface area (Å²) >= 11 is 18.5. The highest BCUT2D eigenvalue weighted by Crippen LogP contribution is 2.37. The van der Waals surface area contributed by atoms with Gasteiger partial charge in [-0.15, -0.1) is 12.4 Å². The molecule has 0 aliphatic rings. The Hall–Kier alpha value is -0.840.